The van der Waals surface area contributed by atoms with Gasteiger partial charge in [-0.2, -0.15) is 5.10 Å². The van der Waals surface area contributed by atoms with Crippen LogP contribution in [0.25, 0.3) is 0 Å². The predicted octanol–water partition coefficient (Wildman–Crippen LogP) is 0.821. The van der Waals surface area contributed by atoms with E-state index in [-0.39, 0.29) is 0 Å². The van der Waals surface area contributed by atoms with Crippen molar-refractivity contribution in [1.29, 1.82) is 0 Å². The number of amidine groups is 1. The maximum Gasteiger partial charge on any atom is 0.149 e. The Hall–Kier alpha value is -2.04. The average Bonchev–Trinajstić information content (AvgIpc) is 2.20. The summed E-state index contributed by atoms with van der Waals surface area (Å²) in [4.78, 5) is 7.61. The van der Waals surface area contributed by atoms with Gasteiger partial charge in [-0.05, 0) is 24.6 Å². The van der Waals surface area contributed by atoms with Crippen molar-refractivity contribution in [2.45, 2.75) is 6.92 Å². The predicted molar refractivity (Wildman–Crippen MR) is 57.6 cm³/mol. The van der Waals surface area contributed by atoms with Crippen LogP contribution in [-0.4, -0.2) is 23.4 Å². The summed E-state index contributed by atoms with van der Waals surface area (Å²) in [6.07, 6.45) is 6.18. The largest absolute Gasteiger partial charge is 0.390 e. The summed E-state index contributed by atoms with van der Waals surface area (Å²) in [5.41, 5.74) is 6.02. The highest BCUT2D eigenvalue weighted by Gasteiger charge is 1.83. The van der Waals surface area contributed by atoms with Crippen molar-refractivity contribution in [3.63, 3.8) is 0 Å². The molecule has 1 rings (SSSR count). The molecular formula is C9H11N5. The van der Waals surface area contributed by atoms with E-state index in [4.69, 9.17) is 5.73 Å². The molecule has 14 heavy (non-hydrogen) atoms. The van der Waals surface area contributed by atoms with Crippen molar-refractivity contribution in [3.8, 4) is 0 Å². The third-order valence-electron chi connectivity index (χ3n) is 1.38. The van der Waals surface area contributed by atoms with Gasteiger partial charge in [0.25, 0.3) is 0 Å². The summed E-state index contributed by atoms with van der Waals surface area (Å²) in [6, 6.07) is 3.67. The number of hydrogen-bond donors (Lipinski definition) is 1. The fourth-order valence-corrected chi connectivity index (χ4v) is 0.762. The third kappa shape index (κ3) is 3.57. The monoisotopic (exact) mass is 189 g/mol. The molecule has 5 nitrogen and oxygen atoms in total. The highest BCUT2D eigenvalue weighted by molar-refractivity contribution is 5.87. The van der Waals surface area contributed by atoms with Gasteiger partial charge >= 0.3 is 0 Å². The lowest BCUT2D eigenvalue weighted by Gasteiger charge is -1.88. The van der Waals surface area contributed by atoms with Crippen LogP contribution < -0.4 is 5.73 Å². The normalized spacial score (nSPS) is 12.8. The van der Waals surface area contributed by atoms with Gasteiger partial charge in [0.2, 0.25) is 0 Å². The highest BCUT2D eigenvalue weighted by atomic mass is 15.2. The molecule has 0 spiro atoms. The lowest BCUT2D eigenvalue weighted by Crippen LogP contribution is -1.93. The Kier molecular flexibility index (Phi) is 4.00. The van der Waals surface area contributed by atoms with Gasteiger partial charge in [0.05, 0.1) is 12.6 Å². The Balaban J connectivity index is 2.62. The molecule has 0 saturated carbocycles. The van der Waals surface area contributed by atoms with Crippen molar-refractivity contribution < 1.29 is 0 Å². The number of nitrogens with two attached hydrogens (primary N) is 1. The zero-order chi connectivity index (χ0) is 10.2. The van der Waals surface area contributed by atoms with Gasteiger partial charge < -0.3 is 5.73 Å². The Morgan fingerprint density at radius 2 is 2.14 bits per heavy atom. The first-order chi connectivity index (χ1) is 6.83. The average molecular weight is 189 g/mol. The quantitative estimate of drug-likeness (QED) is 0.425. The molecule has 0 atom stereocenters. The molecule has 2 N–H and O–H groups in total. The van der Waals surface area contributed by atoms with Crippen LogP contribution in [0.4, 0.5) is 0 Å². The first kappa shape index (κ1) is 10.0. The van der Waals surface area contributed by atoms with Crippen LogP contribution in [0.2, 0.25) is 0 Å². The highest BCUT2D eigenvalue weighted by Crippen LogP contribution is 1.91. The van der Waals surface area contributed by atoms with Crippen molar-refractivity contribution in [2.24, 2.45) is 20.9 Å². The molecule has 0 saturated heterocycles. The molecule has 0 amide bonds. The molecule has 0 aromatic carbocycles. The van der Waals surface area contributed by atoms with E-state index >= 15 is 0 Å². The summed E-state index contributed by atoms with van der Waals surface area (Å²) in [6.45, 7) is 1.72. The van der Waals surface area contributed by atoms with Gasteiger partial charge in [-0.15, -0.1) is 5.10 Å². The van der Waals surface area contributed by atoms with E-state index in [0.29, 0.717) is 5.84 Å². The fourth-order valence-electron chi connectivity index (χ4n) is 0.762. The lowest BCUT2D eigenvalue weighted by atomic mass is 10.3. The minimum Gasteiger partial charge on any atom is -0.390 e. The zero-order valence-electron chi connectivity index (χ0n) is 7.83. The number of hydrogen-bond acceptors (Lipinski definition) is 3. The maximum absolute atomic E-state index is 5.08. The van der Waals surface area contributed by atoms with E-state index < -0.39 is 0 Å². The second kappa shape index (κ2) is 5.58. The zero-order valence-corrected chi connectivity index (χ0v) is 7.83. The van der Waals surface area contributed by atoms with Crippen LogP contribution in [0, 0.1) is 0 Å². The SMILES string of the molecule is C/C(N=CN)=N\N=C\c1ccncc1. The van der Waals surface area contributed by atoms with Crippen LogP contribution in [0.3, 0.4) is 0 Å². The number of aliphatic imine (C=N–C) groups is 1. The van der Waals surface area contributed by atoms with Crippen LogP contribution in [0.1, 0.15) is 12.5 Å². The summed E-state index contributed by atoms with van der Waals surface area (Å²) in [7, 11) is 0. The molecule has 0 aliphatic rings. The number of nitrogens with zero attached hydrogens (tertiary/aromatic N) is 4. The van der Waals surface area contributed by atoms with Crippen LogP contribution in [0.15, 0.2) is 39.7 Å². The van der Waals surface area contributed by atoms with E-state index in [0.717, 1.165) is 5.56 Å². The standard InChI is InChI=1S/C9H11N5/c1-8(12-7-10)14-13-6-9-2-4-11-5-3-9/h2-7H,1H3,(H2,10,12,14)/b13-6+. The van der Waals surface area contributed by atoms with Crippen molar-refractivity contribution in [2.75, 3.05) is 0 Å². The van der Waals surface area contributed by atoms with Gasteiger partial charge in [-0.25, -0.2) is 4.99 Å². The molecule has 0 bridgehead atoms. The molecule has 72 valence electrons. The van der Waals surface area contributed by atoms with E-state index in [1.54, 1.807) is 25.5 Å². The third-order valence-corrected chi connectivity index (χ3v) is 1.38. The van der Waals surface area contributed by atoms with Crippen molar-refractivity contribution in [1.82, 2.24) is 4.98 Å². The van der Waals surface area contributed by atoms with Crippen LogP contribution in [0.5, 0.6) is 0 Å². The van der Waals surface area contributed by atoms with E-state index in [1.807, 2.05) is 12.1 Å². The second-order valence-electron chi connectivity index (χ2n) is 2.45. The fraction of sp³-hybridized carbons (Fsp3) is 0.111. The number of aromatic nitrogens is 1. The Labute approximate surface area is 82.1 Å². The summed E-state index contributed by atoms with van der Waals surface area (Å²) < 4.78 is 0. The number of pyridine rings is 1. The first-order valence-electron chi connectivity index (χ1n) is 4.05. The minimum absolute atomic E-state index is 0.512. The van der Waals surface area contributed by atoms with Gasteiger partial charge in [-0.1, -0.05) is 0 Å². The number of rotatable bonds is 2. The molecule has 1 aromatic heterocycles. The molecule has 0 aliphatic carbocycles. The Morgan fingerprint density at radius 1 is 1.43 bits per heavy atom. The van der Waals surface area contributed by atoms with E-state index in [1.165, 1.54) is 6.34 Å². The summed E-state index contributed by atoms with van der Waals surface area (Å²) >= 11 is 0. The molecule has 0 radical (unpaired) electrons. The molecule has 0 unspecified atom stereocenters. The Morgan fingerprint density at radius 3 is 2.79 bits per heavy atom. The van der Waals surface area contributed by atoms with Gasteiger partial charge in [0.1, 0.15) is 5.84 Å². The van der Waals surface area contributed by atoms with Crippen LogP contribution >= 0.6 is 0 Å². The second-order valence-corrected chi connectivity index (χ2v) is 2.45. The lowest BCUT2D eigenvalue weighted by molar-refractivity contribution is 1.22. The van der Waals surface area contributed by atoms with Crippen molar-refractivity contribution >= 4 is 18.4 Å². The summed E-state index contributed by atoms with van der Waals surface area (Å²) in [5, 5.41) is 7.62. The van der Waals surface area contributed by atoms with E-state index in [2.05, 4.69) is 20.2 Å². The molecule has 1 aromatic rings. The maximum atomic E-state index is 5.08. The van der Waals surface area contributed by atoms with Gasteiger partial charge in [0, 0.05) is 12.4 Å². The molecule has 1 heterocycles. The van der Waals surface area contributed by atoms with Crippen molar-refractivity contribution in [3.05, 3.63) is 30.1 Å². The molecule has 0 aliphatic heterocycles. The minimum atomic E-state index is 0.512. The van der Waals surface area contributed by atoms with Crippen LogP contribution in [-0.2, 0) is 0 Å². The van der Waals surface area contributed by atoms with Gasteiger partial charge in [-0.3, -0.25) is 4.98 Å². The molecular weight excluding hydrogens is 178 g/mol. The smallest absolute Gasteiger partial charge is 0.149 e. The summed E-state index contributed by atoms with van der Waals surface area (Å²) in [5.74, 6) is 0.512. The molecule has 0 fully saturated rings. The van der Waals surface area contributed by atoms with E-state index in [9.17, 15) is 0 Å². The topological polar surface area (TPSA) is 76.0 Å². The Bertz CT molecular complexity index is 353. The molecule has 5 heteroatoms. The first-order valence-corrected chi connectivity index (χ1v) is 4.05. The van der Waals surface area contributed by atoms with Gasteiger partial charge in [0.15, 0.2) is 0 Å².